The Kier molecular flexibility index (Phi) is 10.4. The standard InChI is InChI=1S/C21H21FN6O.2C2HF3O2/c22-17-2-1-3-18(9-17)24-21(29)20-26-25-19-8-15-11-27(12-16(15)13-28(19)20)10-14-4-6-23-7-5-14;2*3-2(4,5)1(6)7/h1-7,9,15-16H,8,10-13H2,(H,24,29);2*(H,6,7). The summed E-state index contributed by atoms with van der Waals surface area (Å²) in [5.74, 6) is -4.15. The van der Waals surface area contributed by atoms with Gasteiger partial charge >= 0.3 is 24.3 Å². The quantitative estimate of drug-likeness (QED) is 0.372. The molecule has 18 heteroatoms. The van der Waals surface area contributed by atoms with E-state index in [2.05, 4.69) is 25.4 Å². The third-order valence-corrected chi connectivity index (χ3v) is 6.27. The van der Waals surface area contributed by atoms with Crippen LogP contribution < -0.4 is 5.32 Å². The zero-order chi connectivity index (χ0) is 31.9. The first-order chi connectivity index (χ1) is 20.0. The van der Waals surface area contributed by atoms with Crippen molar-refractivity contribution in [2.75, 3.05) is 18.4 Å². The molecule has 1 saturated heterocycles. The Morgan fingerprint density at radius 1 is 0.884 bits per heavy atom. The first kappa shape index (κ1) is 32.9. The second-order valence-corrected chi connectivity index (χ2v) is 9.39. The van der Waals surface area contributed by atoms with E-state index in [0.29, 0.717) is 17.5 Å². The molecule has 232 valence electrons. The summed E-state index contributed by atoms with van der Waals surface area (Å²) in [6, 6.07) is 9.93. The van der Waals surface area contributed by atoms with E-state index in [1.54, 1.807) is 12.1 Å². The van der Waals surface area contributed by atoms with Gasteiger partial charge in [0.1, 0.15) is 11.6 Å². The molecule has 1 amide bonds. The fourth-order valence-electron chi connectivity index (χ4n) is 4.42. The van der Waals surface area contributed by atoms with Crippen LogP contribution in [-0.2, 0) is 29.1 Å². The molecule has 0 aliphatic carbocycles. The van der Waals surface area contributed by atoms with Gasteiger partial charge in [-0.15, -0.1) is 10.2 Å². The molecule has 2 unspecified atom stereocenters. The Bertz CT molecular complexity index is 1410. The maximum Gasteiger partial charge on any atom is 0.490 e. The number of carbonyl (C=O) groups is 3. The number of pyridine rings is 1. The van der Waals surface area contributed by atoms with Crippen molar-refractivity contribution in [1.82, 2.24) is 24.6 Å². The van der Waals surface area contributed by atoms with Crippen molar-refractivity contribution in [2.24, 2.45) is 11.8 Å². The second kappa shape index (κ2) is 13.6. The van der Waals surface area contributed by atoms with E-state index in [1.807, 2.05) is 29.1 Å². The SMILES string of the molecule is O=C(Nc1cccc(F)c1)c1nnc2n1CC1CN(Cc3ccncc3)CC1C2.O=C(O)C(F)(F)F.O=C(O)C(F)(F)F. The number of benzene rings is 1. The van der Waals surface area contributed by atoms with E-state index >= 15 is 0 Å². The number of hydrogen-bond acceptors (Lipinski definition) is 7. The summed E-state index contributed by atoms with van der Waals surface area (Å²) in [5.41, 5.74) is 1.67. The van der Waals surface area contributed by atoms with E-state index in [-0.39, 0.29) is 11.7 Å². The lowest BCUT2D eigenvalue weighted by atomic mass is 9.89. The Morgan fingerprint density at radius 2 is 1.47 bits per heavy atom. The average molecular weight is 620 g/mol. The third kappa shape index (κ3) is 9.45. The van der Waals surface area contributed by atoms with Crippen LogP contribution in [0, 0.1) is 17.7 Å². The molecule has 4 heterocycles. The van der Waals surface area contributed by atoms with Crippen LogP contribution in [0.5, 0.6) is 0 Å². The van der Waals surface area contributed by atoms with Gasteiger partial charge in [0.15, 0.2) is 0 Å². The normalized spacial score (nSPS) is 17.7. The zero-order valence-electron chi connectivity index (χ0n) is 21.8. The molecule has 0 spiro atoms. The molecule has 43 heavy (non-hydrogen) atoms. The minimum atomic E-state index is -5.08. The van der Waals surface area contributed by atoms with Gasteiger partial charge in [-0.3, -0.25) is 14.7 Å². The number of likely N-dealkylation sites (tertiary alicyclic amines) is 1. The number of halogens is 7. The Balaban J connectivity index is 0.000000303. The van der Waals surface area contributed by atoms with Crippen molar-refractivity contribution in [2.45, 2.75) is 31.9 Å². The Labute approximate surface area is 238 Å². The van der Waals surface area contributed by atoms with Crippen molar-refractivity contribution in [3.05, 3.63) is 71.8 Å². The predicted octanol–water partition coefficient (Wildman–Crippen LogP) is 3.64. The molecule has 1 aromatic carbocycles. The molecular formula is C25H23F7N6O5. The summed E-state index contributed by atoms with van der Waals surface area (Å²) in [4.78, 5) is 37.0. The zero-order valence-corrected chi connectivity index (χ0v) is 21.8. The highest BCUT2D eigenvalue weighted by Crippen LogP contribution is 2.33. The molecule has 2 aromatic heterocycles. The van der Waals surface area contributed by atoms with E-state index in [1.165, 1.54) is 17.7 Å². The molecule has 2 aliphatic heterocycles. The van der Waals surface area contributed by atoms with Crippen molar-refractivity contribution < 1.29 is 55.3 Å². The molecule has 3 N–H and O–H groups in total. The summed E-state index contributed by atoms with van der Waals surface area (Å²) in [7, 11) is 0. The predicted molar refractivity (Wildman–Crippen MR) is 132 cm³/mol. The molecule has 2 atom stereocenters. The van der Waals surface area contributed by atoms with E-state index in [4.69, 9.17) is 19.8 Å². The number of nitrogens with zero attached hydrogens (tertiary/aromatic N) is 5. The van der Waals surface area contributed by atoms with Crippen LogP contribution in [0.1, 0.15) is 22.0 Å². The molecule has 5 rings (SSSR count). The average Bonchev–Trinajstić information content (AvgIpc) is 3.50. The molecule has 0 saturated carbocycles. The highest BCUT2D eigenvalue weighted by Gasteiger charge is 2.40. The Hall–Kier alpha value is -4.61. The van der Waals surface area contributed by atoms with Gasteiger partial charge in [0, 0.05) is 50.7 Å². The third-order valence-electron chi connectivity index (χ3n) is 6.27. The van der Waals surface area contributed by atoms with Gasteiger partial charge < -0.3 is 20.1 Å². The minimum absolute atomic E-state index is 0.287. The van der Waals surface area contributed by atoms with Crippen molar-refractivity contribution in [1.29, 1.82) is 0 Å². The maximum atomic E-state index is 13.4. The fraction of sp³-hybridized carbons (Fsp3) is 0.360. The van der Waals surface area contributed by atoms with Gasteiger partial charge in [-0.25, -0.2) is 14.0 Å². The highest BCUT2D eigenvalue weighted by atomic mass is 19.4. The second-order valence-electron chi connectivity index (χ2n) is 9.39. The highest BCUT2D eigenvalue weighted by molar-refractivity contribution is 6.01. The van der Waals surface area contributed by atoms with Gasteiger partial charge in [-0.05, 0) is 47.7 Å². The lowest BCUT2D eigenvalue weighted by molar-refractivity contribution is -0.193. The Morgan fingerprint density at radius 3 is 2.02 bits per heavy atom. The van der Waals surface area contributed by atoms with Crippen LogP contribution >= 0.6 is 0 Å². The van der Waals surface area contributed by atoms with Crippen LogP contribution in [0.25, 0.3) is 0 Å². The van der Waals surface area contributed by atoms with Gasteiger partial charge in [-0.1, -0.05) is 6.07 Å². The van der Waals surface area contributed by atoms with Crippen molar-refractivity contribution in [3.8, 4) is 0 Å². The first-order valence-electron chi connectivity index (χ1n) is 12.2. The summed E-state index contributed by atoms with van der Waals surface area (Å²) in [6.45, 7) is 3.63. The number of carbonyl (C=O) groups excluding carboxylic acids is 1. The lowest BCUT2D eigenvalue weighted by Gasteiger charge is -2.25. The first-order valence-corrected chi connectivity index (χ1v) is 12.2. The number of fused-ring (bicyclic) bond motifs is 2. The number of aromatic nitrogens is 4. The largest absolute Gasteiger partial charge is 0.490 e. The number of nitrogens with one attached hydrogen (secondary N) is 1. The van der Waals surface area contributed by atoms with E-state index < -0.39 is 30.1 Å². The number of amides is 1. The van der Waals surface area contributed by atoms with Crippen molar-refractivity contribution >= 4 is 23.5 Å². The number of alkyl halides is 6. The van der Waals surface area contributed by atoms with Crippen molar-refractivity contribution in [3.63, 3.8) is 0 Å². The van der Waals surface area contributed by atoms with Gasteiger partial charge in [0.2, 0.25) is 5.82 Å². The van der Waals surface area contributed by atoms with Gasteiger partial charge in [0.25, 0.3) is 5.91 Å². The molecule has 1 fully saturated rings. The number of hydrogen-bond donors (Lipinski definition) is 3. The van der Waals surface area contributed by atoms with E-state index in [9.17, 15) is 35.5 Å². The fourth-order valence-corrected chi connectivity index (χ4v) is 4.42. The number of carboxylic acids is 2. The number of aliphatic carboxylic acids is 2. The monoisotopic (exact) mass is 620 g/mol. The summed E-state index contributed by atoms with van der Waals surface area (Å²) in [6.07, 6.45) is -5.70. The summed E-state index contributed by atoms with van der Waals surface area (Å²) < 4.78 is 78.8. The molecule has 0 radical (unpaired) electrons. The van der Waals surface area contributed by atoms with Crippen LogP contribution in [-0.4, -0.2) is 78.1 Å². The molecule has 3 aromatic rings. The molecular weight excluding hydrogens is 597 g/mol. The molecule has 2 aliphatic rings. The minimum Gasteiger partial charge on any atom is -0.475 e. The number of carboxylic acid groups (broad SMARTS) is 2. The van der Waals surface area contributed by atoms with Crippen LogP contribution in [0.15, 0.2) is 48.8 Å². The summed E-state index contributed by atoms with van der Waals surface area (Å²) in [5, 5.41) is 25.3. The van der Waals surface area contributed by atoms with Gasteiger partial charge in [-0.2, -0.15) is 26.3 Å². The summed E-state index contributed by atoms with van der Waals surface area (Å²) >= 11 is 0. The van der Waals surface area contributed by atoms with Crippen LogP contribution in [0.2, 0.25) is 0 Å². The topological polar surface area (TPSA) is 151 Å². The van der Waals surface area contributed by atoms with Crippen LogP contribution in [0.3, 0.4) is 0 Å². The van der Waals surface area contributed by atoms with E-state index in [0.717, 1.165) is 38.4 Å². The number of anilines is 1. The lowest BCUT2D eigenvalue weighted by Crippen LogP contribution is -2.31. The van der Waals surface area contributed by atoms with Gasteiger partial charge in [0.05, 0.1) is 0 Å². The maximum absolute atomic E-state index is 13.4. The number of rotatable bonds is 4. The molecule has 11 nitrogen and oxygen atoms in total. The smallest absolute Gasteiger partial charge is 0.475 e. The van der Waals surface area contributed by atoms with Crippen LogP contribution in [0.4, 0.5) is 36.4 Å². The molecule has 0 bridgehead atoms.